The molecule has 0 bridgehead atoms. The fourth-order valence-corrected chi connectivity index (χ4v) is 2.60. The van der Waals surface area contributed by atoms with Gasteiger partial charge in [0.15, 0.2) is 11.5 Å². The quantitative estimate of drug-likeness (QED) is 0.380. The normalized spacial score (nSPS) is 10.0. The van der Waals surface area contributed by atoms with Gasteiger partial charge in [0.2, 0.25) is 0 Å². The largest absolute Gasteiger partial charge is 0.438 e. The molecule has 0 aliphatic carbocycles. The van der Waals surface area contributed by atoms with Gasteiger partial charge in [0.1, 0.15) is 11.6 Å². The van der Waals surface area contributed by atoms with Crippen LogP contribution in [0.5, 0.6) is 0 Å². The van der Waals surface area contributed by atoms with E-state index < -0.39 is 0 Å². The van der Waals surface area contributed by atoms with Crippen molar-refractivity contribution in [3.05, 3.63) is 107 Å². The zero-order valence-electron chi connectivity index (χ0n) is 14.1. The van der Waals surface area contributed by atoms with Crippen LogP contribution >= 0.6 is 0 Å². The van der Waals surface area contributed by atoms with Gasteiger partial charge in [0.25, 0.3) is 0 Å². The second-order valence-corrected chi connectivity index (χ2v) is 5.82. The van der Waals surface area contributed by atoms with Gasteiger partial charge < -0.3 is 4.42 Å². The summed E-state index contributed by atoms with van der Waals surface area (Å²) in [6, 6.07) is 19.5. The van der Waals surface area contributed by atoms with Gasteiger partial charge in [0.05, 0.1) is 0 Å². The lowest BCUT2D eigenvalue weighted by Gasteiger charge is -1.89. The minimum atomic E-state index is -0.303. The molecule has 0 N–H and O–H groups in total. The molecule has 0 atom stereocenters. The van der Waals surface area contributed by atoms with Crippen LogP contribution in [0.15, 0.2) is 77.2 Å². The van der Waals surface area contributed by atoms with Crippen LogP contribution < -0.4 is 0 Å². The Morgan fingerprint density at radius 1 is 0.519 bits per heavy atom. The average molecular weight is 354 g/mol. The van der Waals surface area contributed by atoms with Crippen molar-refractivity contribution < 1.29 is 13.2 Å². The average Bonchev–Trinajstić information content (AvgIpc) is 3.05. The minimum Gasteiger partial charge on any atom is -0.438 e. The van der Waals surface area contributed by atoms with Gasteiger partial charge in [-0.05, 0) is 72.5 Å². The van der Waals surface area contributed by atoms with Gasteiger partial charge in [-0.2, -0.15) is 0 Å². The third-order valence-corrected chi connectivity index (χ3v) is 3.95. The second-order valence-electron chi connectivity index (χ2n) is 5.82. The second kappa shape index (κ2) is 7.20. The third-order valence-electron chi connectivity index (χ3n) is 3.95. The van der Waals surface area contributed by atoms with Crippen LogP contribution in [0, 0.1) is 35.3 Å². The highest BCUT2D eigenvalue weighted by Gasteiger charge is 2.09. The van der Waals surface area contributed by atoms with E-state index in [4.69, 9.17) is 4.42 Å². The molecule has 0 aliphatic rings. The van der Waals surface area contributed by atoms with E-state index in [9.17, 15) is 8.78 Å². The van der Waals surface area contributed by atoms with Crippen LogP contribution in [0.25, 0.3) is 10.8 Å². The van der Waals surface area contributed by atoms with E-state index >= 15 is 0 Å². The third kappa shape index (κ3) is 3.73. The van der Waals surface area contributed by atoms with Crippen molar-refractivity contribution in [3.8, 4) is 23.7 Å². The Bertz CT molecular complexity index is 1130. The zero-order chi connectivity index (χ0) is 18.6. The molecule has 0 spiro atoms. The molecule has 1 heterocycles. The summed E-state index contributed by atoms with van der Waals surface area (Å²) >= 11 is 0. The Morgan fingerprint density at radius 2 is 0.926 bits per heavy atom. The first-order valence-electron chi connectivity index (χ1n) is 8.26. The SMILES string of the molecule is Fc1ccc(C#Cc2oc(C#Cc3ccc(F)cc3)c3ccccc23)cc1. The first-order valence-corrected chi connectivity index (χ1v) is 8.26. The summed E-state index contributed by atoms with van der Waals surface area (Å²) in [5.41, 5.74) is 1.38. The van der Waals surface area contributed by atoms with Crippen molar-refractivity contribution in [3.63, 3.8) is 0 Å². The van der Waals surface area contributed by atoms with Crippen molar-refractivity contribution >= 4 is 10.8 Å². The maximum atomic E-state index is 13.0. The molecule has 3 aromatic carbocycles. The Morgan fingerprint density at radius 3 is 1.33 bits per heavy atom. The number of hydrogen-bond acceptors (Lipinski definition) is 1. The van der Waals surface area contributed by atoms with Crippen LogP contribution in [-0.4, -0.2) is 0 Å². The molecule has 0 aliphatic heterocycles. The monoisotopic (exact) mass is 354 g/mol. The summed E-state index contributed by atoms with van der Waals surface area (Å²) in [7, 11) is 0. The lowest BCUT2D eigenvalue weighted by molar-refractivity contribution is 0.547. The predicted molar refractivity (Wildman–Crippen MR) is 101 cm³/mol. The molecule has 3 heteroatoms. The molecule has 128 valence electrons. The van der Waals surface area contributed by atoms with Crippen LogP contribution in [0.4, 0.5) is 8.78 Å². The molecule has 0 saturated heterocycles. The van der Waals surface area contributed by atoms with Crippen LogP contribution in [0.2, 0.25) is 0 Å². The van der Waals surface area contributed by atoms with Crippen molar-refractivity contribution in [1.29, 1.82) is 0 Å². The fraction of sp³-hybridized carbons (Fsp3) is 0. The number of fused-ring (bicyclic) bond motifs is 1. The molecule has 0 saturated carbocycles. The molecular formula is C24H12F2O. The summed E-state index contributed by atoms with van der Waals surface area (Å²) in [6.45, 7) is 0. The Balaban J connectivity index is 1.74. The zero-order valence-corrected chi connectivity index (χ0v) is 14.1. The highest BCUT2D eigenvalue weighted by atomic mass is 19.1. The number of hydrogen-bond donors (Lipinski definition) is 0. The molecular weight excluding hydrogens is 342 g/mol. The van der Waals surface area contributed by atoms with Gasteiger partial charge in [-0.3, -0.25) is 0 Å². The lowest BCUT2D eigenvalue weighted by Crippen LogP contribution is -1.76. The molecule has 0 unspecified atom stereocenters. The number of rotatable bonds is 0. The van der Waals surface area contributed by atoms with Crippen LogP contribution in [-0.2, 0) is 0 Å². The van der Waals surface area contributed by atoms with Crippen molar-refractivity contribution in [2.75, 3.05) is 0 Å². The molecule has 4 rings (SSSR count). The van der Waals surface area contributed by atoms with Gasteiger partial charge >= 0.3 is 0 Å². The first kappa shape index (κ1) is 16.6. The molecule has 0 amide bonds. The van der Waals surface area contributed by atoms with E-state index in [0.29, 0.717) is 22.6 Å². The van der Waals surface area contributed by atoms with E-state index in [1.54, 1.807) is 24.3 Å². The number of halogens is 2. The smallest absolute Gasteiger partial charge is 0.186 e. The van der Waals surface area contributed by atoms with Crippen molar-refractivity contribution in [2.45, 2.75) is 0 Å². The number of benzene rings is 3. The lowest BCUT2D eigenvalue weighted by atomic mass is 10.1. The van der Waals surface area contributed by atoms with Gasteiger partial charge in [-0.15, -0.1) is 0 Å². The van der Waals surface area contributed by atoms with Gasteiger partial charge in [-0.25, -0.2) is 8.78 Å². The van der Waals surface area contributed by atoms with Crippen LogP contribution in [0.1, 0.15) is 22.6 Å². The highest BCUT2D eigenvalue weighted by molar-refractivity contribution is 5.91. The molecule has 1 aromatic heterocycles. The van der Waals surface area contributed by atoms with Crippen LogP contribution in [0.3, 0.4) is 0 Å². The summed E-state index contributed by atoms with van der Waals surface area (Å²) in [6.07, 6.45) is 0. The van der Waals surface area contributed by atoms with Crippen molar-refractivity contribution in [2.24, 2.45) is 0 Å². The van der Waals surface area contributed by atoms with Gasteiger partial charge in [0, 0.05) is 21.9 Å². The summed E-state index contributed by atoms with van der Waals surface area (Å²) in [5, 5.41) is 1.71. The topological polar surface area (TPSA) is 13.1 Å². The molecule has 0 fully saturated rings. The predicted octanol–water partition coefficient (Wildman–Crippen LogP) is 5.51. The Labute approximate surface area is 155 Å². The number of furan rings is 1. The maximum Gasteiger partial charge on any atom is 0.186 e. The maximum absolute atomic E-state index is 13.0. The summed E-state index contributed by atoms with van der Waals surface area (Å²) in [5.74, 6) is 12.3. The van der Waals surface area contributed by atoms with Crippen molar-refractivity contribution in [1.82, 2.24) is 0 Å². The molecule has 1 nitrogen and oxygen atoms in total. The van der Waals surface area contributed by atoms with E-state index in [-0.39, 0.29) is 11.6 Å². The standard InChI is InChI=1S/C24H12F2O/c25-19-11-5-17(6-12-19)9-15-23-21-3-1-2-4-22(21)24(27-23)16-10-18-7-13-20(26)14-8-18/h1-8,11-14H. The van der Waals surface area contributed by atoms with Gasteiger partial charge in [-0.1, -0.05) is 24.0 Å². The molecule has 27 heavy (non-hydrogen) atoms. The summed E-state index contributed by atoms with van der Waals surface area (Å²) in [4.78, 5) is 0. The Kier molecular flexibility index (Phi) is 4.44. The first-order chi connectivity index (χ1) is 13.2. The highest BCUT2D eigenvalue weighted by Crippen LogP contribution is 2.25. The minimum absolute atomic E-state index is 0.303. The Hall–Kier alpha value is -3.82. The van der Waals surface area contributed by atoms with E-state index in [2.05, 4.69) is 23.7 Å². The molecule has 0 radical (unpaired) electrons. The molecule has 4 aromatic rings. The summed E-state index contributed by atoms with van der Waals surface area (Å²) < 4.78 is 31.9. The van der Waals surface area contributed by atoms with E-state index in [1.165, 1.54) is 24.3 Å². The van der Waals surface area contributed by atoms with E-state index in [0.717, 1.165) is 10.8 Å². The van der Waals surface area contributed by atoms with E-state index in [1.807, 2.05) is 24.3 Å². The fourth-order valence-electron chi connectivity index (χ4n) is 2.60.